The molecule has 5 heteroatoms. The van der Waals surface area contributed by atoms with Crippen LogP contribution >= 0.6 is 0 Å². The summed E-state index contributed by atoms with van der Waals surface area (Å²) < 4.78 is 10.9. The van der Waals surface area contributed by atoms with Crippen molar-refractivity contribution in [3.05, 3.63) is 54.1 Å². The maximum atomic E-state index is 12.4. The van der Waals surface area contributed by atoms with Gasteiger partial charge in [0.15, 0.2) is 11.5 Å². The van der Waals surface area contributed by atoms with Gasteiger partial charge in [0, 0.05) is 12.2 Å². The number of amides is 2. The van der Waals surface area contributed by atoms with Gasteiger partial charge in [0.25, 0.3) is 0 Å². The molecule has 0 aromatic heterocycles. The second-order valence-corrected chi connectivity index (χ2v) is 5.62. The Kier molecular flexibility index (Phi) is 5.21. The summed E-state index contributed by atoms with van der Waals surface area (Å²) in [4.78, 5) is 14.2. The van der Waals surface area contributed by atoms with Gasteiger partial charge in [-0.25, -0.2) is 4.79 Å². The molecule has 0 aliphatic carbocycles. The molecule has 5 nitrogen and oxygen atoms in total. The molecule has 1 aliphatic heterocycles. The zero-order valence-electron chi connectivity index (χ0n) is 13.8. The molecule has 2 aromatic rings. The van der Waals surface area contributed by atoms with E-state index in [2.05, 4.69) is 11.4 Å². The summed E-state index contributed by atoms with van der Waals surface area (Å²) in [6.07, 6.45) is 2.01. The number of benzene rings is 2. The fraction of sp³-hybridized carbons (Fsp3) is 0.316. The summed E-state index contributed by atoms with van der Waals surface area (Å²) in [5.74, 6) is 1.37. The van der Waals surface area contributed by atoms with Crippen LogP contribution in [0.15, 0.2) is 48.5 Å². The Morgan fingerprint density at radius 2 is 1.88 bits per heavy atom. The monoisotopic (exact) mass is 326 g/mol. The van der Waals surface area contributed by atoms with Gasteiger partial charge < -0.3 is 14.8 Å². The number of hydrogen-bond donors (Lipinski definition) is 1. The number of carbonyl (C=O) groups excluding carboxylic acids is 1. The first-order chi connectivity index (χ1) is 11.8. The van der Waals surface area contributed by atoms with Gasteiger partial charge >= 0.3 is 6.03 Å². The van der Waals surface area contributed by atoms with Crippen molar-refractivity contribution in [2.45, 2.75) is 12.8 Å². The van der Waals surface area contributed by atoms with E-state index in [0.717, 1.165) is 25.1 Å². The van der Waals surface area contributed by atoms with Crippen LogP contribution in [-0.4, -0.2) is 32.8 Å². The maximum Gasteiger partial charge on any atom is 0.321 e. The normalized spacial score (nSPS) is 13.1. The molecule has 0 saturated carbocycles. The molecule has 0 radical (unpaired) electrons. The van der Waals surface area contributed by atoms with Crippen LogP contribution in [0.1, 0.15) is 12.0 Å². The van der Waals surface area contributed by atoms with Crippen molar-refractivity contribution < 1.29 is 14.3 Å². The Labute approximate surface area is 142 Å². The smallest absolute Gasteiger partial charge is 0.321 e. The molecular formula is C19H22N2O3. The third-order valence-electron chi connectivity index (χ3n) is 4.06. The van der Waals surface area contributed by atoms with Crippen molar-refractivity contribution in [2.24, 2.45) is 0 Å². The number of anilines is 1. The van der Waals surface area contributed by atoms with E-state index in [1.807, 2.05) is 47.4 Å². The fourth-order valence-corrected chi connectivity index (χ4v) is 2.90. The number of fused-ring (bicyclic) bond motifs is 1. The van der Waals surface area contributed by atoms with Gasteiger partial charge in [-0.2, -0.15) is 0 Å². The maximum absolute atomic E-state index is 12.4. The lowest BCUT2D eigenvalue weighted by Crippen LogP contribution is -2.44. The molecule has 1 heterocycles. The van der Waals surface area contributed by atoms with E-state index in [9.17, 15) is 4.79 Å². The number of nitrogens with zero attached hydrogens (tertiary/aromatic N) is 1. The Morgan fingerprint density at radius 1 is 1.12 bits per heavy atom. The Morgan fingerprint density at radius 3 is 2.71 bits per heavy atom. The zero-order chi connectivity index (χ0) is 16.8. The van der Waals surface area contributed by atoms with Crippen LogP contribution < -0.4 is 19.7 Å². The fourth-order valence-electron chi connectivity index (χ4n) is 2.90. The number of carbonyl (C=O) groups is 1. The van der Waals surface area contributed by atoms with Crippen molar-refractivity contribution in [3.63, 3.8) is 0 Å². The third-order valence-corrected chi connectivity index (χ3v) is 4.06. The molecular weight excluding hydrogens is 304 g/mol. The minimum absolute atomic E-state index is 0.0780. The molecule has 1 N–H and O–H groups in total. The average Bonchev–Trinajstić information content (AvgIpc) is 2.65. The molecule has 0 spiro atoms. The number of ether oxygens (including phenoxy) is 2. The van der Waals surface area contributed by atoms with E-state index in [1.165, 1.54) is 5.56 Å². The van der Waals surface area contributed by atoms with Gasteiger partial charge in [-0.05, 0) is 36.6 Å². The Bertz CT molecular complexity index is 703. The summed E-state index contributed by atoms with van der Waals surface area (Å²) in [5, 5.41) is 2.92. The highest BCUT2D eigenvalue weighted by Gasteiger charge is 2.21. The van der Waals surface area contributed by atoms with Crippen molar-refractivity contribution in [2.75, 3.05) is 31.7 Å². The number of para-hydroxylation sites is 3. The van der Waals surface area contributed by atoms with E-state index in [4.69, 9.17) is 9.47 Å². The molecule has 2 amide bonds. The average molecular weight is 326 g/mol. The molecule has 0 unspecified atom stereocenters. The van der Waals surface area contributed by atoms with Gasteiger partial charge in [-0.3, -0.25) is 4.90 Å². The summed E-state index contributed by atoms with van der Waals surface area (Å²) in [5.41, 5.74) is 2.23. The predicted molar refractivity (Wildman–Crippen MR) is 94.0 cm³/mol. The van der Waals surface area contributed by atoms with Crippen molar-refractivity contribution in [1.82, 2.24) is 5.32 Å². The van der Waals surface area contributed by atoms with E-state index < -0.39 is 0 Å². The molecule has 0 saturated heterocycles. The first-order valence-electron chi connectivity index (χ1n) is 8.18. The Balaban J connectivity index is 1.52. The minimum atomic E-state index is -0.0780. The first kappa shape index (κ1) is 16.2. The quantitative estimate of drug-likeness (QED) is 0.858. The van der Waals surface area contributed by atoms with E-state index in [0.29, 0.717) is 24.7 Å². The molecule has 0 fully saturated rings. The molecule has 0 atom stereocenters. The SMILES string of the molecule is COc1ccccc1OCCNC(=O)N1CCCc2ccccc21. The van der Waals surface area contributed by atoms with Gasteiger partial charge in [0.2, 0.25) is 0 Å². The van der Waals surface area contributed by atoms with E-state index in [1.54, 1.807) is 7.11 Å². The standard InChI is InChI=1S/C19H22N2O3/c1-23-17-10-4-5-11-18(17)24-14-12-20-19(22)21-13-6-8-15-7-2-3-9-16(15)21/h2-5,7,9-11H,6,8,12-14H2,1H3,(H,20,22). The van der Waals surface area contributed by atoms with Crippen LogP contribution in [-0.2, 0) is 6.42 Å². The van der Waals surface area contributed by atoms with E-state index >= 15 is 0 Å². The molecule has 1 aliphatic rings. The van der Waals surface area contributed by atoms with Gasteiger partial charge in [0.05, 0.1) is 13.7 Å². The molecule has 2 aromatic carbocycles. The van der Waals surface area contributed by atoms with Crippen LogP contribution in [0, 0.1) is 0 Å². The highest BCUT2D eigenvalue weighted by Crippen LogP contribution is 2.27. The van der Waals surface area contributed by atoms with Crippen molar-refractivity contribution >= 4 is 11.7 Å². The predicted octanol–water partition coefficient (Wildman–Crippen LogP) is 3.24. The van der Waals surface area contributed by atoms with Crippen molar-refractivity contribution in [1.29, 1.82) is 0 Å². The lowest BCUT2D eigenvalue weighted by Gasteiger charge is -2.29. The van der Waals surface area contributed by atoms with Crippen LogP contribution in [0.5, 0.6) is 11.5 Å². The highest BCUT2D eigenvalue weighted by molar-refractivity contribution is 5.93. The van der Waals surface area contributed by atoms with Crippen LogP contribution in [0.4, 0.5) is 10.5 Å². The first-order valence-corrected chi connectivity index (χ1v) is 8.18. The number of urea groups is 1. The second kappa shape index (κ2) is 7.73. The molecule has 3 rings (SSSR count). The molecule has 24 heavy (non-hydrogen) atoms. The van der Waals surface area contributed by atoms with Gasteiger partial charge in [-0.15, -0.1) is 0 Å². The zero-order valence-corrected chi connectivity index (χ0v) is 13.8. The number of nitrogens with one attached hydrogen (secondary N) is 1. The number of aryl methyl sites for hydroxylation is 1. The summed E-state index contributed by atoms with van der Waals surface area (Å²) in [7, 11) is 1.61. The molecule has 126 valence electrons. The summed E-state index contributed by atoms with van der Waals surface area (Å²) >= 11 is 0. The second-order valence-electron chi connectivity index (χ2n) is 5.62. The lowest BCUT2D eigenvalue weighted by atomic mass is 10.0. The van der Waals surface area contributed by atoms with E-state index in [-0.39, 0.29) is 6.03 Å². The van der Waals surface area contributed by atoms with Crippen LogP contribution in [0.3, 0.4) is 0 Å². The summed E-state index contributed by atoms with van der Waals surface area (Å²) in [6, 6.07) is 15.5. The van der Waals surface area contributed by atoms with Crippen LogP contribution in [0.25, 0.3) is 0 Å². The Hall–Kier alpha value is -2.69. The van der Waals surface area contributed by atoms with Crippen molar-refractivity contribution in [3.8, 4) is 11.5 Å². The van der Waals surface area contributed by atoms with Crippen LogP contribution in [0.2, 0.25) is 0 Å². The highest BCUT2D eigenvalue weighted by atomic mass is 16.5. The number of hydrogen-bond acceptors (Lipinski definition) is 3. The number of rotatable bonds is 5. The van der Waals surface area contributed by atoms with Gasteiger partial charge in [0.1, 0.15) is 6.61 Å². The van der Waals surface area contributed by atoms with Gasteiger partial charge in [-0.1, -0.05) is 30.3 Å². The third kappa shape index (κ3) is 3.62. The minimum Gasteiger partial charge on any atom is -0.493 e. The topological polar surface area (TPSA) is 50.8 Å². The number of methoxy groups -OCH3 is 1. The largest absolute Gasteiger partial charge is 0.493 e. The lowest BCUT2D eigenvalue weighted by molar-refractivity contribution is 0.240. The molecule has 0 bridgehead atoms. The summed E-state index contributed by atoms with van der Waals surface area (Å²) in [6.45, 7) is 1.58.